The van der Waals surface area contributed by atoms with Gasteiger partial charge >= 0.3 is 12.0 Å². The number of aliphatic carboxylic acids is 1. The first-order chi connectivity index (χ1) is 10.1. The number of nitrogens with one attached hydrogen (secondary N) is 1. The third-order valence-electron chi connectivity index (χ3n) is 4.71. The largest absolute Gasteiger partial charge is 0.480 e. The quantitative estimate of drug-likeness (QED) is 0.740. The van der Waals surface area contributed by atoms with E-state index in [2.05, 4.69) is 12.2 Å². The predicted octanol–water partition coefficient (Wildman–Crippen LogP) is 3.14. The molecule has 21 heavy (non-hydrogen) atoms. The molecule has 0 atom stereocenters. The molecule has 5 nitrogen and oxygen atoms in total. The van der Waals surface area contributed by atoms with Crippen LogP contribution in [-0.4, -0.2) is 40.1 Å². The molecule has 5 heteroatoms. The lowest BCUT2D eigenvalue weighted by atomic mass is 9.90. The van der Waals surface area contributed by atoms with Crippen LogP contribution in [-0.2, 0) is 4.79 Å². The first kappa shape index (κ1) is 16.1. The lowest BCUT2D eigenvalue weighted by molar-refractivity contribution is -0.145. The second-order valence-corrected chi connectivity index (χ2v) is 6.51. The molecule has 0 saturated heterocycles. The van der Waals surface area contributed by atoms with Crippen LogP contribution in [0, 0.1) is 0 Å². The molecule has 0 bridgehead atoms. The Bertz CT molecular complexity index is 372. The first-order valence-electron chi connectivity index (χ1n) is 8.41. The van der Waals surface area contributed by atoms with Gasteiger partial charge in [0.1, 0.15) is 5.54 Å². The molecule has 120 valence electrons. The minimum atomic E-state index is -1.05. The van der Waals surface area contributed by atoms with Gasteiger partial charge in [0.25, 0.3) is 0 Å². The van der Waals surface area contributed by atoms with Crippen LogP contribution in [0.2, 0.25) is 0 Å². The van der Waals surface area contributed by atoms with Crippen LogP contribution in [0.5, 0.6) is 0 Å². The Morgan fingerprint density at radius 2 is 1.81 bits per heavy atom. The molecule has 0 spiro atoms. The monoisotopic (exact) mass is 296 g/mol. The lowest BCUT2D eigenvalue weighted by Gasteiger charge is -2.33. The zero-order valence-corrected chi connectivity index (χ0v) is 13.1. The molecular formula is C16H28N2O3. The zero-order chi connectivity index (χ0) is 15.3. The standard InChI is InChI=1S/C16H28N2O3/c1-2-3-12-18(13-8-9-13)15(21)17-16(14(19)20)10-6-4-5-7-11-16/h13H,2-12H2,1H3,(H,17,21)(H,19,20). The van der Waals surface area contributed by atoms with E-state index in [-0.39, 0.29) is 6.03 Å². The van der Waals surface area contributed by atoms with Gasteiger partial charge in [-0.2, -0.15) is 0 Å². The van der Waals surface area contributed by atoms with Crippen molar-refractivity contribution in [3.63, 3.8) is 0 Å². The molecule has 2 rings (SSSR count). The number of carbonyl (C=O) groups is 2. The highest BCUT2D eigenvalue weighted by molar-refractivity contribution is 5.86. The summed E-state index contributed by atoms with van der Waals surface area (Å²) in [5.74, 6) is -0.871. The van der Waals surface area contributed by atoms with Crippen LogP contribution in [0.4, 0.5) is 4.79 Å². The molecule has 0 unspecified atom stereocenters. The van der Waals surface area contributed by atoms with Gasteiger partial charge in [0.05, 0.1) is 0 Å². The van der Waals surface area contributed by atoms with E-state index >= 15 is 0 Å². The number of carboxylic acids is 1. The van der Waals surface area contributed by atoms with Gasteiger partial charge in [0.2, 0.25) is 0 Å². The molecule has 2 saturated carbocycles. The van der Waals surface area contributed by atoms with Crippen molar-refractivity contribution in [1.82, 2.24) is 10.2 Å². The van der Waals surface area contributed by atoms with Gasteiger partial charge in [0.15, 0.2) is 0 Å². The summed E-state index contributed by atoms with van der Waals surface area (Å²) in [6.45, 7) is 2.84. The lowest BCUT2D eigenvalue weighted by Crippen LogP contribution is -2.58. The Morgan fingerprint density at radius 3 is 2.29 bits per heavy atom. The molecule has 0 aromatic carbocycles. The maximum atomic E-state index is 12.6. The number of hydrogen-bond donors (Lipinski definition) is 2. The van der Waals surface area contributed by atoms with Gasteiger partial charge in [-0.15, -0.1) is 0 Å². The molecule has 2 N–H and O–H groups in total. The van der Waals surface area contributed by atoms with Crippen molar-refractivity contribution >= 4 is 12.0 Å². The van der Waals surface area contributed by atoms with Crippen molar-refractivity contribution in [2.75, 3.05) is 6.54 Å². The molecule has 0 aromatic heterocycles. The van der Waals surface area contributed by atoms with Gasteiger partial charge in [0, 0.05) is 12.6 Å². The van der Waals surface area contributed by atoms with Crippen LogP contribution in [0.3, 0.4) is 0 Å². The van der Waals surface area contributed by atoms with Crippen LogP contribution >= 0.6 is 0 Å². The van der Waals surface area contributed by atoms with Crippen molar-refractivity contribution in [1.29, 1.82) is 0 Å². The van der Waals surface area contributed by atoms with Crippen LogP contribution in [0.1, 0.15) is 71.1 Å². The molecule has 0 radical (unpaired) electrons. The molecule has 0 heterocycles. The Hall–Kier alpha value is -1.26. The predicted molar refractivity (Wildman–Crippen MR) is 81.2 cm³/mol. The van der Waals surface area contributed by atoms with Gasteiger partial charge in [-0.3, -0.25) is 0 Å². The summed E-state index contributed by atoms with van der Waals surface area (Å²) in [7, 11) is 0. The van der Waals surface area contributed by atoms with E-state index in [9.17, 15) is 14.7 Å². The smallest absolute Gasteiger partial charge is 0.329 e. The van der Waals surface area contributed by atoms with Gasteiger partial charge < -0.3 is 15.3 Å². The van der Waals surface area contributed by atoms with Gasteiger partial charge in [-0.25, -0.2) is 9.59 Å². The van der Waals surface area contributed by atoms with Crippen molar-refractivity contribution < 1.29 is 14.7 Å². The summed E-state index contributed by atoms with van der Waals surface area (Å²) >= 11 is 0. The highest BCUT2D eigenvalue weighted by atomic mass is 16.4. The van der Waals surface area contributed by atoms with Gasteiger partial charge in [-0.05, 0) is 32.1 Å². The highest BCUT2D eigenvalue weighted by Gasteiger charge is 2.42. The Balaban J connectivity index is 2.03. The van der Waals surface area contributed by atoms with E-state index in [0.717, 1.165) is 57.9 Å². The fraction of sp³-hybridized carbons (Fsp3) is 0.875. The maximum Gasteiger partial charge on any atom is 0.329 e. The summed E-state index contributed by atoms with van der Waals surface area (Å²) in [6, 6.07) is 0.156. The minimum absolute atomic E-state index is 0.171. The number of nitrogens with zero attached hydrogens (tertiary/aromatic N) is 1. The highest BCUT2D eigenvalue weighted by Crippen LogP contribution is 2.30. The number of unbranched alkanes of at least 4 members (excludes halogenated alkanes) is 1. The number of hydrogen-bond acceptors (Lipinski definition) is 2. The van der Waals surface area contributed by atoms with Crippen LogP contribution in [0.25, 0.3) is 0 Å². The van der Waals surface area contributed by atoms with Crippen LogP contribution < -0.4 is 5.32 Å². The Kier molecular flexibility index (Phi) is 5.48. The number of urea groups is 1. The van der Waals surface area contributed by atoms with E-state index in [1.165, 1.54) is 0 Å². The minimum Gasteiger partial charge on any atom is -0.480 e. The molecule has 2 amide bonds. The zero-order valence-electron chi connectivity index (χ0n) is 13.1. The van der Waals surface area contributed by atoms with Crippen molar-refractivity contribution in [3.8, 4) is 0 Å². The van der Waals surface area contributed by atoms with E-state index in [1.807, 2.05) is 4.90 Å². The van der Waals surface area contributed by atoms with E-state index in [4.69, 9.17) is 0 Å². The summed E-state index contributed by atoms with van der Waals surface area (Å²) in [4.78, 5) is 26.2. The van der Waals surface area contributed by atoms with Crippen molar-refractivity contribution in [2.45, 2.75) is 82.7 Å². The SMILES string of the molecule is CCCCN(C(=O)NC1(C(=O)O)CCCCCC1)C1CC1. The van der Waals surface area contributed by atoms with E-state index in [1.54, 1.807) is 0 Å². The molecule has 0 aliphatic heterocycles. The van der Waals surface area contributed by atoms with Crippen molar-refractivity contribution in [3.05, 3.63) is 0 Å². The molecule has 2 aliphatic rings. The second kappa shape index (κ2) is 7.14. The summed E-state index contributed by atoms with van der Waals surface area (Å²) in [6.07, 6.45) is 9.12. The summed E-state index contributed by atoms with van der Waals surface area (Å²) in [5.41, 5.74) is -1.05. The number of carbonyl (C=O) groups excluding carboxylic acids is 1. The summed E-state index contributed by atoms with van der Waals surface area (Å²) < 4.78 is 0. The van der Waals surface area contributed by atoms with E-state index in [0.29, 0.717) is 18.9 Å². The average molecular weight is 296 g/mol. The number of amides is 2. The number of rotatable bonds is 6. The fourth-order valence-electron chi connectivity index (χ4n) is 3.17. The molecule has 2 fully saturated rings. The van der Waals surface area contributed by atoms with E-state index < -0.39 is 11.5 Å². The average Bonchev–Trinajstić information content (AvgIpc) is 3.26. The van der Waals surface area contributed by atoms with Crippen LogP contribution in [0.15, 0.2) is 0 Å². The molecule has 2 aliphatic carbocycles. The topological polar surface area (TPSA) is 69.6 Å². The first-order valence-corrected chi connectivity index (χ1v) is 8.41. The van der Waals surface area contributed by atoms with Crippen molar-refractivity contribution in [2.24, 2.45) is 0 Å². The van der Waals surface area contributed by atoms with Gasteiger partial charge in [-0.1, -0.05) is 39.0 Å². The molecule has 0 aromatic rings. The fourth-order valence-corrected chi connectivity index (χ4v) is 3.17. The Labute approximate surface area is 127 Å². The number of carboxylic acid groups (broad SMARTS) is 1. The maximum absolute atomic E-state index is 12.6. The summed E-state index contributed by atoms with van der Waals surface area (Å²) in [5, 5.41) is 12.5. The third kappa shape index (κ3) is 4.11. The Morgan fingerprint density at radius 1 is 1.19 bits per heavy atom. The second-order valence-electron chi connectivity index (χ2n) is 6.51. The normalized spacial score (nSPS) is 21.4. The molecular weight excluding hydrogens is 268 g/mol. The third-order valence-corrected chi connectivity index (χ3v) is 4.71.